The summed E-state index contributed by atoms with van der Waals surface area (Å²) in [7, 11) is 0. The fourth-order valence-corrected chi connectivity index (χ4v) is 3.98. The number of guanidine groups is 1. The van der Waals surface area contributed by atoms with E-state index in [1.54, 1.807) is 12.1 Å². The molecule has 1 aromatic heterocycles. The van der Waals surface area contributed by atoms with Crippen molar-refractivity contribution in [1.82, 2.24) is 20.5 Å². The van der Waals surface area contributed by atoms with Crippen LogP contribution in [0.2, 0.25) is 0 Å². The van der Waals surface area contributed by atoms with Crippen LogP contribution in [0.5, 0.6) is 0 Å². The maximum Gasteiger partial charge on any atom is 0.222 e. The van der Waals surface area contributed by atoms with Crippen molar-refractivity contribution >= 4 is 46.7 Å². The largest absolute Gasteiger partial charge is 0.361 e. The van der Waals surface area contributed by atoms with Crippen LogP contribution in [0.1, 0.15) is 45.1 Å². The van der Waals surface area contributed by atoms with Gasteiger partial charge in [0.2, 0.25) is 5.91 Å². The molecule has 0 bridgehead atoms. The summed E-state index contributed by atoms with van der Waals surface area (Å²) in [4.78, 5) is 21.9. The van der Waals surface area contributed by atoms with Crippen LogP contribution in [0.3, 0.4) is 0 Å². The molecule has 1 atom stereocenters. The number of carbonyl (C=O) groups excluding carboxylic acids is 1. The first kappa shape index (κ1) is 24.4. The Labute approximate surface area is 195 Å². The third-order valence-corrected chi connectivity index (χ3v) is 5.51. The van der Waals surface area contributed by atoms with Gasteiger partial charge in [-0.2, -0.15) is 0 Å². The molecule has 0 saturated carbocycles. The second-order valence-electron chi connectivity index (χ2n) is 7.48. The van der Waals surface area contributed by atoms with Crippen LogP contribution < -0.4 is 10.6 Å². The van der Waals surface area contributed by atoms with Gasteiger partial charge >= 0.3 is 0 Å². The van der Waals surface area contributed by atoms with Gasteiger partial charge in [-0.3, -0.25) is 9.79 Å². The number of nitrogens with zero attached hydrogens (tertiary/aromatic N) is 2. The van der Waals surface area contributed by atoms with Gasteiger partial charge in [-0.25, -0.2) is 4.39 Å². The number of aromatic nitrogens is 1. The normalized spacial score (nSPS) is 15.4. The number of carbonyl (C=O) groups is 1. The SMILES string of the molecule is CCNC(=NCCC(CC)N1CCCC1=O)NCCc1c[nH]c2ccc(F)cc12.I. The minimum atomic E-state index is -0.219. The summed E-state index contributed by atoms with van der Waals surface area (Å²) >= 11 is 0. The molecule has 1 amide bonds. The summed E-state index contributed by atoms with van der Waals surface area (Å²) < 4.78 is 13.5. The first-order valence-corrected chi connectivity index (χ1v) is 10.7. The van der Waals surface area contributed by atoms with Crippen LogP contribution in [0.25, 0.3) is 10.9 Å². The second-order valence-corrected chi connectivity index (χ2v) is 7.48. The zero-order valence-corrected chi connectivity index (χ0v) is 20.2. The zero-order chi connectivity index (χ0) is 20.6. The van der Waals surface area contributed by atoms with E-state index in [1.807, 2.05) is 18.0 Å². The van der Waals surface area contributed by atoms with Crippen LogP contribution in [0, 0.1) is 5.82 Å². The maximum atomic E-state index is 13.5. The van der Waals surface area contributed by atoms with Crippen molar-refractivity contribution in [3.63, 3.8) is 0 Å². The predicted molar refractivity (Wildman–Crippen MR) is 131 cm³/mol. The fraction of sp³-hybridized carbons (Fsp3) is 0.545. The second kappa shape index (κ2) is 12.1. The van der Waals surface area contributed by atoms with Crippen LogP contribution in [-0.4, -0.2) is 54.0 Å². The smallest absolute Gasteiger partial charge is 0.222 e. The van der Waals surface area contributed by atoms with Crippen molar-refractivity contribution in [2.24, 2.45) is 4.99 Å². The number of likely N-dealkylation sites (tertiary alicyclic amines) is 1. The number of aliphatic imine (C=N–C) groups is 1. The highest BCUT2D eigenvalue weighted by Crippen LogP contribution is 2.20. The summed E-state index contributed by atoms with van der Waals surface area (Å²) in [5, 5.41) is 7.55. The minimum absolute atomic E-state index is 0. The van der Waals surface area contributed by atoms with Gasteiger partial charge in [0.1, 0.15) is 5.82 Å². The number of hydrogen-bond acceptors (Lipinski definition) is 2. The zero-order valence-electron chi connectivity index (χ0n) is 17.8. The number of benzene rings is 1. The molecule has 1 saturated heterocycles. The van der Waals surface area contributed by atoms with Gasteiger partial charge in [0.15, 0.2) is 5.96 Å². The van der Waals surface area contributed by atoms with E-state index in [1.165, 1.54) is 6.07 Å². The summed E-state index contributed by atoms with van der Waals surface area (Å²) in [6.45, 7) is 7.22. The van der Waals surface area contributed by atoms with Crippen molar-refractivity contribution in [3.05, 3.63) is 35.8 Å². The molecule has 1 fully saturated rings. The summed E-state index contributed by atoms with van der Waals surface area (Å²) in [6.07, 6.45) is 6.20. The molecule has 0 aliphatic carbocycles. The Hall–Kier alpha value is -1.84. The number of aromatic amines is 1. The first-order valence-electron chi connectivity index (χ1n) is 10.7. The Morgan fingerprint density at radius 1 is 1.33 bits per heavy atom. The van der Waals surface area contributed by atoms with E-state index in [9.17, 15) is 9.18 Å². The molecule has 2 heterocycles. The Morgan fingerprint density at radius 2 is 2.17 bits per heavy atom. The van der Waals surface area contributed by atoms with Crippen LogP contribution >= 0.6 is 24.0 Å². The third-order valence-electron chi connectivity index (χ3n) is 5.51. The average molecular weight is 529 g/mol. The van der Waals surface area contributed by atoms with Gasteiger partial charge in [0, 0.05) is 55.7 Å². The first-order chi connectivity index (χ1) is 14.1. The predicted octanol–water partition coefficient (Wildman–Crippen LogP) is 3.81. The number of nitrogens with one attached hydrogen (secondary N) is 3. The number of H-pyrrole nitrogens is 1. The lowest BCUT2D eigenvalue weighted by Crippen LogP contribution is -2.39. The lowest BCUT2D eigenvalue weighted by Gasteiger charge is -2.26. The molecule has 1 aliphatic heterocycles. The van der Waals surface area contributed by atoms with Crippen molar-refractivity contribution in [3.8, 4) is 0 Å². The molecule has 166 valence electrons. The minimum Gasteiger partial charge on any atom is -0.361 e. The monoisotopic (exact) mass is 529 g/mol. The third kappa shape index (κ3) is 6.33. The van der Waals surface area contributed by atoms with E-state index in [-0.39, 0.29) is 41.7 Å². The van der Waals surface area contributed by atoms with Crippen molar-refractivity contribution < 1.29 is 9.18 Å². The molecule has 0 spiro atoms. The van der Waals surface area contributed by atoms with Crippen LogP contribution in [-0.2, 0) is 11.2 Å². The molecule has 3 rings (SSSR count). The van der Waals surface area contributed by atoms with Crippen molar-refractivity contribution in [1.29, 1.82) is 0 Å². The lowest BCUT2D eigenvalue weighted by molar-refractivity contribution is -0.129. The molecule has 3 N–H and O–H groups in total. The number of hydrogen-bond donors (Lipinski definition) is 3. The highest BCUT2D eigenvalue weighted by atomic mass is 127. The van der Waals surface area contributed by atoms with E-state index in [4.69, 9.17) is 0 Å². The summed E-state index contributed by atoms with van der Waals surface area (Å²) in [6, 6.07) is 5.08. The van der Waals surface area contributed by atoms with E-state index >= 15 is 0 Å². The quantitative estimate of drug-likeness (QED) is 0.263. The Morgan fingerprint density at radius 3 is 2.87 bits per heavy atom. The highest BCUT2D eigenvalue weighted by Gasteiger charge is 2.26. The van der Waals surface area contributed by atoms with Gasteiger partial charge in [-0.1, -0.05) is 6.92 Å². The van der Waals surface area contributed by atoms with Gasteiger partial charge in [0.25, 0.3) is 0 Å². The lowest BCUT2D eigenvalue weighted by atomic mass is 10.1. The highest BCUT2D eigenvalue weighted by molar-refractivity contribution is 14.0. The standard InChI is InChI=1S/C22H32FN5O.HI/c1-3-18(28-13-5-6-21(28)29)10-12-26-22(24-4-2)25-11-9-16-15-27-20-8-7-17(23)14-19(16)20;/h7-8,14-15,18,27H,3-6,9-13H2,1-2H3,(H2,24,25,26);1H. The fourth-order valence-electron chi connectivity index (χ4n) is 3.98. The molecule has 0 radical (unpaired) electrons. The van der Waals surface area contributed by atoms with E-state index < -0.39 is 0 Å². The summed E-state index contributed by atoms with van der Waals surface area (Å²) in [5.41, 5.74) is 2.03. The molecular formula is C22H33FIN5O. The number of amides is 1. The molecule has 30 heavy (non-hydrogen) atoms. The topological polar surface area (TPSA) is 72.5 Å². The number of fused-ring (bicyclic) bond motifs is 1. The molecule has 1 aliphatic rings. The van der Waals surface area contributed by atoms with E-state index in [0.29, 0.717) is 19.5 Å². The van der Waals surface area contributed by atoms with Gasteiger partial charge in [0.05, 0.1) is 0 Å². The molecule has 6 nitrogen and oxygen atoms in total. The molecule has 8 heteroatoms. The number of rotatable bonds is 9. The van der Waals surface area contributed by atoms with Crippen LogP contribution in [0.15, 0.2) is 29.4 Å². The molecular weight excluding hydrogens is 496 g/mol. The maximum absolute atomic E-state index is 13.5. The Balaban J connectivity index is 0.00000320. The van der Waals surface area contributed by atoms with Gasteiger partial charge < -0.3 is 20.5 Å². The van der Waals surface area contributed by atoms with Gasteiger partial charge in [-0.15, -0.1) is 24.0 Å². The molecule has 1 unspecified atom stereocenters. The van der Waals surface area contributed by atoms with Gasteiger partial charge in [-0.05, 0) is 56.4 Å². The van der Waals surface area contributed by atoms with E-state index in [0.717, 1.165) is 61.2 Å². The van der Waals surface area contributed by atoms with E-state index in [2.05, 4.69) is 27.5 Å². The Bertz CT molecular complexity index is 853. The Kier molecular flexibility index (Phi) is 9.87. The molecule has 2 aromatic rings. The van der Waals surface area contributed by atoms with Crippen LogP contribution in [0.4, 0.5) is 4.39 Å². The summed E-state index contributed by atoms with van der Waals surface area (Å²) in [5.74, 6) is 0.838. The van der Waals surface area contributed by atoms with Crippen molar-refractivity contribution in [2.75, 3.05) is 26.2 Å². The molecule has 1 aromatic carbocycles. The average Bonchev–Trinajstić information content (AvgIpc) is 3.31. The number of halogens is 2. The van der Waals surface area contributed by atoms with Crippen molar-refractivity contribution in [2.45, 2.75) is 52.0 Å².